The number of fused-ring (bicyclic) bond motifs is 2. The summed E-state index contributed by atoms with van der Waals surface area (Å²) in [6, 6.07) is 16.2. The lowest BCUT2D eigenvalue weighted by molar-refractivity contribution is -0.127. The van der Waals surface area contributed by atoms with Crippen molar-refractivity contribution in [3.8, 4) is 0 Å². The fraction of sp³-hybridized carbons (Fsp3) is 0.211. The van der Waals surface area contributed by atoms with Crippen molar-refractivity contribution >= 4 is 73.4 Å². The van der Waals surface area contributed by atoms with Gasteiger partial charge in [-0.25, -0.2) is 0 Å². The van der Waals surface area contributed by atoms with E-state index in [1.807, 2.05) is 57.5 Å². The Morgan fingerprint density at radius 1 is 0.929 bits per heavy atom. The van der Waals surface area contributed by atoms with Crippen molar-refractivity contribution in [1.82, 2.24) is 19.6 Å². The maximum atomic E-state index is 12.2. The van der Waals surface area contributed by atoms with Gasteiger partial charge in [0.2, 0.25) is 5.91 Å². The fourth-order valence-electron chi connectivity index (χ4n) is 3.01. The second-order valence-corrected chi connectivity index (χ2v) is 9.59. The molecule has 4 rings (SSSR count). The molecule has 0 fully saturated rings. The van der Waals surface area contributed by atoms with Crippen LogP contribution in [0.1, 0.15) is 13.3 Å². The van der Waals surface area contributed by atoms with E-state index in [4.69, 9.17) is 24.4 Å². The quantitative estimate of drug-likeness (QED) is 0.312. The van der Waals surface area contributed by atoms with Crippen LogP contribution in [0.5, 0.6) is 0 Å². The minimum absolute atomic E-state index is 0.0443. The van der Waals surface area contributed by atoms with Gasteiger partial charge in [0, 0.05) is 6.42 Å². The summed E-state index contributed by atoms with van der Waals surface area (Å²) in [4.78, 5) is 12.2. The van der Waals surface area contributed by atoms with Crippen LogP contribution in [-0.4, -0.2) is 20.1 Å². The Bertz CT molecular complexity index is 1180. The van der Waals surface area contributed by atoms with Gasteiger partial charge in [0.25, 0.3) is 0 Å². The largest absolute Gasteiger partial charge is 0.308 e. The number of benzene rings is 2. The molecule has 0 unspecified atom stereocenters. The predicted molar refractivity (Wildman–Crippen MR) is 122 cm³/mol. The van der Waals surface area contributed by atoms with E-state index >= 15 is 0 Å². The van der Waals surface area contributed by atoms with Gasteiger partial charge < -0.3 is 9.13 Å². The monoisotopic (exact) mass is 446 g/mol. The van der Waals surface area contributed by atoms with Gasteiger partial charge in [-0.2, -0.15) is 5.01 Å². The van der Waals surface area contributed by atoms with Gasteiger partial charge in [-0.1, -0.05) is 31.2 Å². The number of thiazole rings is 2. The van der Waals surface area contributed by atoms with Crippen LogP contribution in [0.25, 0.3) is 20.4 Å². The third-order valence-electron chi connectivity index (χ3n) is 4.38. The van der Waals surface area contributed by atoms with Gasteiger partial charge in [-0.3, -0.25) is 10.2 Å². The zero-order valence-corrected chi connectivity index (χ0v) is 18.4. The third kappa shape index (κ3) is 3.81. The molecular formula is C19H18N4OS4. The van der Waals surface area contributed by atoms with E-state index in [1.165, 1.54) is 0 Å². The van der Waals surface area contributed by atoms with E-state index in [1.54, 1.807) is 22.7 Å². The average molecular weight is 447 g/mol. The van der Waals surface area contributed by atoms with E-state index in [0.717, 1.165) is 28.3 Å². The zero-order valence-electron chi connectivity index (χ0n) is 15.1. The van der Waals surface area contributed by atoms with Crippen molar-refractivity contribution in [2.24, 2.45) is 0 Å². The van der Waals surface area contributed by atoms with Crippen LogP contribution in [-0.2, 0) is 18.1 Å². The Morgan fingerprint density at radius 3 is 1.86 bits per heavy atom. The normalized spacial score (nSPS) is 11.5. The van der Waals surface area contributed by atoms with Crippen LogP contribution >= 0.6 is 47.1 Å². The highest BCUT2D eigenvalue weighted by Gasteiger charge is 2.15. The minimum atomic E-state index is -0.0443. The van der Waals surface area contributed by atoms with Crippen LogP contribution < -0.4 is 5.43 Å². The highest BCUT2D eigenvalue weighted by molar-refractivity contribution is 7.74. The molecule has 2 aromatic carbocycles. The number of hydrogen-bond donors (Lipinski definition) is 1. The lowest BCUT2D eigenvalue weighted by atomic mass is 10.3. The number of rotatable bonds is 6. The summed E-state index contributed by atoms with van der Waals surface area (Å²) < 4.78 is 7.90. The minimum Gasteiger partial charge on any atom is -0.308 e. The van der Waals surface area contributed by atoms with Gasteiger partial charge in [0.05, 0.1) is 33.8 Å². The molecule has 0 spiro atoms. The first-order chi connectivity index (χ1) is 13.6. The Balaban J connectivity index is 1.72. The van der Waals surface area contributed by atoms with Crippen molar-refractivity contribution in [2.75, 3.05) is 0 Å². The van der Waals surface area contributed by atoms with Gasteiger partial charge in [-0.15, -0.1) is 22.7 Å². The standard InChI is InChI=1S/C19H18N4OS4/c1-2-17(24)20-21(11-22-13-7-3-5-9-15(13)27-18(22)25)12-23-14-8-4-6-10-16(14)28-19(23)26/h3-10H,2,11-12H2,1H3,(H,20,24). The number of hydrazine groups is 1. The lowest BCUT2D eigenvalue weighted by Gasteiger charge is -2.24. The van der Waals surface area contributed by atoms with Gasteiger partial charge in [0.1, 0.15) is 0 Å². The predicted octanol–water partition coefficient (Wildman–Crippen LogP) is 5.54. The summed E-state index contributed by atoms with van der Waals surface area (Å²) in [5.41, 5.74) is 5.12. The SMILES string of the molecule is CCC(=O)NN(Cn1c(=S)sc2ccccc21)Cn1c(=S)sc2ccccc21. The molecule has 5 nitrogen and oxygen atoms in total. The van der Waals surface area contributed by atoms with Crippen molar-refractivity contribution < 1.29 is 4.79 Å². The molecule has 4 aromatic rings. The first kappa shape index (κ1) is 19.4. The molecule has 0 atom stereocenters. The summed E-state index contributed by atoms with van der Waals surface area (Å²) >= 11 is 14.3. The Morgan fingerprint density at radius 2 is 1.39 bits per heavy atom. The van der Waals surface area contributed by atoms with E-state index in [2.05, 4.69) is 17.6 Å². The van der Waals surface area contributed by atoms with Crippen molar-refractivity contribution in [2.45, 2.75) is 26.7 Å². The summed E-state index contributed by atoms with van der Waals surface area (Å²) in [6.07, 6.45) is 0.405. The van der Waals surface area contributed by atoms with Gasteiger partial charge in [0.15, 0.2) is 7.91 Å². The molecule has 0 saturated heterocycles. The molecule has 2 aromatic heterocycles. The molecule has 0 aliphatic heterocycles. The number of nitrogens with zero attached hydrogens (tertiary/aromatic N) is 3. The van der Waals surface area contributed by atoms with Crippen LogP contribution in [0.15, 0.2) is 48.5 Å². The molecule has 0 saturated carbocycles. The molecule has 1 N–H and O–H groups in total. The molecule has 144 valence electrons. The molecule has 0 bridgehead atoms. The second kappa shape index (κ2) is 8.22. The van der Waals surface area contributed by atoms with Crippen LogP contribution in [0.2, 0.25) is 0 Å². The fourth-order valence-corrected chi connectivity index (χ4v) is 5.63. The Kier molecular flexibility index (Phi) is 5.70. The smallest absolute Gasteiger partial charge is 0.234 e. The van der Waals surface area contributed by atoms with Gasteiger partial charge >= 0.3 is 0 Å². The average Bonchev–Trinajstić information content (AvgIpc) is 3.18. The second-order valence-electron chi connectivity index (χ2n) is 6.24. The molecule has 2 heterocycles. The van der Waals surface area contributed by atoms with E-state index in [9.17, 15) is 4.79 Å². The molecule has 0 aliphatic carbocycles. The van der Waals surface area contributed by atoms with Crippen LogP contribution in [0, 0.1) is 7.91 Å². The molecular weight excluding hydrogens is 429 g/mol. The van der Waals surface area contributed by atoms with E-state index < -0.39 is 0 Å². The first-order valence-corrected chi connectivity index (χ1v) is 11.2. The molecule has 0 aliphatic rings. The number of carbonyl (C=O) groups is 1. The molecule has 0 radical (unpaired) electrons. The van der Waals surface area contributed by atoms with Gasteiger partial charge in [-0.05, 0) is 48.7 Å². The van der Waals surface area contributed by atoms with Crippen molar-refractivity contribution in [3.63, 3.8) is 0 Å². The molecule has 28 heavy (non-hydrogen) atoms. The number of hydrogen-bond acceptors (Lipinski definition) is 6. The van der Waals surface area contributed by atoms with Crippen LogP contribution in [0.3, 0.4) is 0 Å². The number of carbonyl (C=O) groups excluding carboxylic acids is 1. The number of aromatic nitrogens is 2. The first-order valence-electron chi connectivity index (χ1n) is 8.78. The summed E-state index contributed by atoms with van der Waals surface area (Å²) in [6.45, 7) is 2.73. The van der Waals surface area contributed by atoms with Crippen molar-refractivity contribution in [3.05, 3.63) is 56.4 Å². The maximum absolute atomic E-state index is 12.2. The summed E-state index contributed by atoms with van der Waals surface area (Å²) in [5, 5.41) is 1.87. The molecule has 1 amide bonds. The van der Waals surface area contributed by atoms with Crippen molar-refractivity contribution in [1.29, 1.82) is 0 Å². The highest BCUT2D eigenvalue weighted by atomic mass is 32.2. The lowest BCUT2D eigenvalue weighted by Crippen LogP contribution is -2.43. The summed E-state index contributed by atoms with van der Waals surface area (Å²) in [7, 11) is 0. The highest BCUT2D eigenvalue weighted by Crippen LogP contribution is 2.25. The summed E-state index contributed by atoms with van der Waals surface area (Å²) in [5.74, 6) is -0.0443. The number of nitrogens with one attached hydrogen (secondary N) is 1. The Labute approximate surface area is 180 Å². The zero-order chi connectivity index (χ0) is 19.7. The Hall–Kier alpha value is -1.91. The van der Waals surface area contributed by atoms with E-state index in [0.29, 0.717) is 19.8 Å². The molecule has 9 heteroatoms. The number of amides is 1. The number of para-hydroxylation sites is 2. The van der Waals surface area contributed by atoms with Crippen LogP contribution in [0.4, 0.5) is 0 Å². The topological polar surface area (TPSA) is 42.2 Å². The maximum Gasteiger partial charge on any atom is 0.234 e. The van der Waals surface area contributed by atoms with E-state index in [-0.39, 0.29) is 5.91 Å². The third-order valence-corrected chi connectivity index (χ3v) is 7.24.